The van der Waals surface area contributed by atoms with E-state index in [0.717, 1.165) is 5.15 Å². The van der Waals surface area contributed by atoms with Gasteiger partial charge in [-0.25, -0.2) is 0 Å². The Labute approximate surface area is 78.1 Å². The molecule has 62 valence electrons. The molecule has 0 aliphatic rings. The van der Waals surface area contributed by atoms with Crippen molar-refractivity contribution in [3.05, 3.63) is 11.3 Å². The third-order valence-electron chi connectivity index (χ3n) is 1.41. The summed E-state index contributed by atoms with van der Waals surface area (Å²) in [7, 11) is 0. The summed E-state index contributed by atoms with van der Waals surface area (Å²) in [6.07, 6.45) is 1.86. The van der Waals surface area contributed by atoms with Gasteiger partial charge in [0.15, 0.2) is 0 Å². The molecule has 0 atom stereocenters. The van der Waals surface area contributed by atoms with Crippen LogP contribution in [-0.4, -0.2) is 24.7 Å². The first-order valence-electron chi connectivity index (χ1n) is 3.43. The number of hydrogen-bond donors (Lipinski definition) is 0. The molecule has 0 amide bonds. The number of rotatable bonds is 2. The number of hydrogen-bond acceptors (Lipinski definition) is 1. The Morgan fingerprint density at radius 2 is 2.27 bits per heavy atom. The maximum atomic E-state index is 6.04. The Kier molecular flexibility index (Phi) is 2.99. The Morgan fingerprint density at radius 3 is 2.55 bits per heavy atom. The third-order valence-corrected chi connectivity index (χ3v) is 3.59. The minimum absolute atomic E-state index is 0.360. The quantitative estimate of drug-likeness (QED) is 0.713. The first-order chi connectivity index (χ1) is 5.16. The third kappa shape index (κ3) is 1.78. The molecular formula is C7H11ClN2Se. The topological polar surface area (TPSA) is 17.8 Å². The van der Waals surface area contributed by atoms with Crippen molar-refractivity contribution in [3.63, 3.8) is 0 Å². The molecule has 1 heterocycles. The summed E-state index contributed by atoms with van der Waals surface area (Å²) >= 11 is 6.48. The molecule has 1 aromatic heterocycles. The number of nitrogens with zero attached hydrogens (tertiary/aromatic N) is 2. The summed E-state index contributed by atoms with van der Waals surface area (Å²) in [5, 5.41) is 4.99. The molecule has 0 radical (unpaired) electrons. The van der Waals surface area contributed by atoms with Gasteiger partial charge in [0.05, 0.1) is 0 Å². The fourth-order valence-electron chi connectivity index (χ4n) is 0.828. The first-order valence-corrected chi connectivity index (χ1v) is 6.38. The summed E-state index contributed by atoms with van der Waals surface area (Å²) < 4.78 is 3.04. The SMILES string of the molecule is C[Se]c1cnn(C(C)C)c1Cl. The average Bonchev–Trinajstić information content (AvgIpc) is 2.30. The second-order valence-corrected chi connectivity index (χ2v) is 4.68. The van der Waals surface area contributed by atoms with Crippen molar-refractivity contribution >= 4 is 31.0 Å². The van der Waals surface area contributed by atoms with Crippen LogP contribution < -0.4 is 4.46 Å². The molecule has 0 spiro atoms. The molecule has 0 bridgehead atoms. The zero-order valence-electron chi connectivity index (χ0n) is 6.84. The van der Waals surface area contributed by atoms with E-state index in [2.05, 4.69) is 24.8 Å². The minimum atomic E-state index is 0.360. The molecule has 0 N–H and O–H groups in total. The van der Waals surface area contributed by atoms with E-state index >= 15 is 0 Å². The van der Waals surface area contributed by atoms with Crippen LogP contribution in [0.3, 0.4) is 0 Å². The van der Waals surface area contributed by atoms with Crippen molar-refractivity contribution in [2.45, 2.75) is 25.7 Å². The van der Waals surface area contributed by atoms with E-state index in [4.69, 9.17) is 11.6 Å². The van der Waals surface area contributed by atoms with E-state index in [9.17, 15) is 0 Å². The van der Waals surface area contributed by atoms with Crippen LogP contribution in [0.25, 0.3) is 0 Å². The van der Waals surface area contributed by atoms with E-state index in [1.807, 2.05) is 10.9 Å². The molecule has 0 aliphatic carbocycles. The summed E-state index contributed by atoms with van der Waals surface area (Å²) in [5.74, 6) is 2.14. The fourth-order valence-corrected chi connectivity index (χ4v) is 2.39. The molecule has 0 saturated carbocycles. The van der Waals surface area contributed by atoms with Gasteiger partial charge in [0.25, 0.3) is 0 Å². The second-order valence-electron chi connectivity index (χ2n) is 2.54. The van der Waals surface area contributed by atoms with E-state index in [-0.39, 0.29) is 0 Å². The van der Waals surface area contributed by atoms with Gasteiger partial charge in [-0.15, -0.1) is 0 Å². The van der Waals surface area contributed by atoms with Gasteiger partial charge in [-0.05, 0) is 0 Å². The zero-order chi connectivity index (χ0) is 8.43. The van der Waals surface area contributed by atoms with Crippen molar-refractivity contribution in [2.75, 3.05) is 0 Å². The average molecular weight is 238 g/mol. The number of aromatic nitrogens is 2. The molecule has 1 aromatic rings. The van der Waals surface area contributed by atoms with E-state index < -0.39 is 0 Å². The van der Waals surface area contributed by atoms with E-state index in [0.29, 0.717) is 21.0 Å². The van der Waals surface area contributed by atoms with Crippen molar-refractivity contribution in [3.8, 4) is 0 Å². The van der Waals surface area contributed by atoms with Crippen molar-refractivity contribution in [1.82, 2.24) is 9.78 Å². The summed E-state index contributed by atoms with van der Waals surface area (Å²) in [6, 6.07) is 0.360. The van der Waals surface area contributed by atoms with Crippen LogP contribution in [0.15, 0.2) is 6.20 Å². The van der Waals surface area contributed by atoms with Gasteiger partial charge in [-0.3, -0.25) is 0 Å². The van der Waals surface area contributed by atoms with E-state index in [1.165, 1.54) is 4.46 Å². The molecule has 0 aromatic carbocycles. The monoisotopic (exact) mass is 238 g/mol. The van der Waals surface area contributed by atoms with Crippen LogP contribution in [-0.2, 0) is 0 Å². The molecule has 11 heavy (non-hydrogen) atoms. The van der Waals surface area contributed by atoms with Gasteiger partial charge >= 0.3 is 77.9 Å². The van der Waals surface area contributed by atoms with Crippen LogP contribution in [0.1, 0.15) is 19.9 Å². The van der Waals surface area contributed by atoms with Crippen LogP contribution in [0.2, 0.25) is 11.0 Å². The molecule has 2 nitrogen and oxygen atoms in total. The molecular weight excluding hydrogens is 227 g/mol. The number of halogens is 1. The van der Waals surface area contributed by atoms with Crippen molar-refractivity contribution in [1.29, 1.82) is 0 Å². The fraction of sp³-hybridized carbons (Fsp3) is 0.571. The standard InChI is InChI=1S/C7H11ClN2Se/c1-5(2)10-7(8)6(11-3)4-9-10/h4-5H,1-3H3. The van der Waals surface area contributed by atoms with Crippen LogP contribution in [0, 0.1) is 0 Å². The second kappa shape index (κ2) is 3.61. The van der Waals surface area contributed by atoms with Crippen LogP contribution >= 0.6 is 11.6 Å². The molecule has 1 rings (SSSR count). The molecule has 0 unspecified atom stereocenters. The van der Waals surface area contributed by atoms with E-state index in [1.54, 1.807) is 0 Å². The maximum absolute atomic E-state index is 6.04. The molecule has 0 saturated heterocycles. The Morgan fingerprint density at radius 1 is 1.64 bits per heavy atom. The Bertz CT molecular complexity index is 245. The van der Waals surface area contributed by atoms with Gasteiger partial charge in [-0.2, -0.15) is 0 Å². The Balaban J connectivity index is 3.00. The summed E-state index contributed by atoms with van der Waals surface area (Å²) in [4.78, 5) is 0. The van der Waals surface area contributed by atoms with Crippen molar-refractivity contribution in [2.24, 2.45) is 0 Å². The molecule has 0 aliphatic heterocycles. The normalized spacial score (nSPS) is 11.0. The predicted octanol–water partition coefficient (Wildman–Crippen LogP) is 1.49. The van der Waals surface area contributed by atoms with Crippen LogP contribution in [0.5, 0.6) is 0 Å². The molecule has 0 fully saturated rings. The zero-order valence-corrected chi connectivity index (χ0v) is 9.30. The van der Waals surface area contributed by atoms with Gasteiger partial charge < -0.3 is 0 Å². The van der Waals surface area contributed by atoms with Crippen LogP contribution in [0.4, 0.5) is 0 Å². The molecule has 4 heteroatoms. The van der Waals surface area contributed by atoms with Gasteiger partial charge in [-0.1, -0.05) is 0 Å². The first kappa shape index (κ1) is 9.11. The van der Waals surface area contributed by atoms with Gasteiger partial charge in [0, 0.05) is 0 Å². The summed E-state index contributed by atoms with van der Waals surface area (Å²) in [6.45, 7) is 4.15. The van der Waals surface area contributed by atoms with Gasteiger partial charge in [0.1, 0.15) is 0 Å². The van der Waals surface area contributed by atoms with Gasteiger partial charge in [0.2, 0.25) is 0 Å². The van der Waals surface area contributed by atoms with Crippen molar-refractivity contribution < 1.29 is 0 Å². The summed E-state index contributed by atoms with van der Waals surface area (Å²) in [5.41, 5.74) is 0. The Hall–Kier alpha value is 0.0195. The predicted molar refractivity (Wildman–Crippen MR) is 48.9 cm³/mol.